The van der Waals surface area contributed by atoms with Gasteiger partial charge in [0.25, 0.3) is 0 Å². The van der Waals surface area contributed by atoms with Gasteiger partial charge >= 0.3 is 0 Å². The molecular weight excluding hydrogens is 206 g/mol. The van der Waals surface area contributed by atoms with Gasteiger partial charge in [-0.15, -0.1) is 0 Å². The van der Waals surface area contributed by atoms with Crippen LogP contribution in [-0.4, -0.2) is 36.1 Å². The number of aromatic nitrogens is 2. The summed E-state index contributed by atoms with van der Waals surface area (Å²) in [7, 11) is 1.71. The molecule has 0 aromatic carbocycles. The number of guanidine groups is 1. The summed E-state index contributed by atoms with van der Waals surface area (Å²) >= 11 is 0. The minimum absolute atomic E-state index is 0.478. The predicted molar refractivity (Wildman–Crippen MR) is 60.4 cm³/mol. The minimum Gasteiger partial charge on any atom is -0.359 e. The number of imidazole rings is 1. The van der Waals surface area contributed by atoms with Gasteiger partial charge in [-0.05, 0) is 0 Å². The predicted octanol–water partition coefficient (Wildman–Crippen LogP) is -0.855. The molecule has 0 unspecified atom stereocenters. The van der Waals surface area contributed by atoms with E-state index in [4.69, 9.17) is 5.26 Å². The van der Waals surface area contributed by atoms with Crippen LogP contribution in [0.25, 0.3) is 0 Å². The fourth-order valence-corrected chi connectivity index (χ4v) is 1.09. The lowest BCUT2D eigenvalue weighted by atomic mass is 10.4. The number of H-pyrrole nitrogens is 1. The number of aliphatic imine (C=N–C) groups is 1. The molecule has 1 aromatic heterocycles. The SMILES string of the molecule is CNC(=NCCNCc1cnc[nH]1)NC#N. The van der Waals surface area contributed by atoms with Gasteiger partial charge in [-0.2, -0.15) is 5.26 Å². The molecule has 16 heavy (non-hydrogen) atoms. The van der Waals surface area contributed by atoms with Crippen LogP contribution in [0.4, 0.5) is 0 Å². The first kappa shape index (κ1) is 12.0. The highest BCUT2D eigenvalue weighted by Gasteiger charge is 1.93. The minimum atomic E-state index is 0.478. The zero-order valence-corrected chi connectivity index (χ0v) is 9.12. The third kappa shape index (κ3) is 4.43. The maximum absolute atomic E-state index is 8.39. The molecule has 7 nitrogen and oxygen atoms in total. The van der Waals surface area contributed by atoms with Crippen LogP contribution >= 0.6 is 0 Å². The number of nitrogens with one attached hydrogen (secondary N) is 4. The average molecular weight is 221 g/mol. The Kier molecular flexibility index (Phi) is 5.44. The van der Waals surface area contributed by atoms with E-state index in [2.05, 4.69) is 30.9 Å². The first-order valence-electron chi connectivity index (χ1n) is 4.92. The quantitative estimate of drug-likeness (QED) is 0.170. The Morgan fingerprint density at radius 1 is 1.69 bits per heavy atom. The van der Waals surface area contributed by atoms with E-state index in [0.29, 0.717) is 12.5 Å². The summed E-state index contributed by atoms with van der Waals surface area (Å²) < 4.78 is 0. The van der Waals surface area contributed by atoms with Crippen molar-refractivity contribution in [1.82, 2.24) is 25.9 Å². The summed E-state index contributed by atoms with van der Waals surface area (Å²) in [6.45, 7) is 2.06. The van der Waals surface area contributed by atoms with Crippen molar-refractivity contribution in [3.8, 4) is 6.19 Å². The van der Waals surface area contributed by atoms with Crippen molar-refractivity contribution in [2.45, 2.75) is 6.54 Å². The molecule has 0 saturated heterocycles. The molecule has 4 N–H and O–H groups in total. The van der Waals surface area contributed by atoms with Gasteiger partial charge in [0.15, 0.2) is 6.19 Å². The molecule has 0 fully saturated rings. The number of nitriles is 1. The number of nitrogens with zero attached hydrogens (tertiary/aromatic N) is 3. The van der Waals surface area contributed by atoms with E-state index >= 15 is 0 Å². The van der Waals surface area contributed by atoms with Crippen LogP contribution in [0.3, 0.4) is 0 Å². The van der Waals surface area contributed by atoms with E-state index < -0.39 is 0 Å². The summed E-state index contributed by atoms with van der Waals surface area (Å²) in [6, 6.07) is 0. The van der Waals surface area contributed by atoms with Crippen LogP contribution in [0.1, 0.15) is 5.69 Å². The van der Waals surface area contributed by atoms with E-state index in [-0.39, 0.29) is 0 Å². The highest BCUT2D eigenvalue weighted by atomic mass is 15.2. The highest BCUT2D eigenvalue weighted by molar-refractivity contribution is 5.80. The van der Waals surface area contributed by atoms with Gasteiger partial charge in [-0.25, -0.2) is 4.98 Å². The maximum Gasteiger partial charge on any atom is 0.204 e. The molecule has 0 bridgehead atoms. The molecule has 7 heteroatoms. The Morgan fingerprint density at radius 2 is 2.56 bits per heavy atom. The number of rotatable bonds is 5. The second kappa shape index (κ2) is 7.25. The van der Waals surface area contributed by atoms with Crippen molar-refractivity contribution in [2.24, 2.45) is 4.99 Å². The molecule has 0 atom stereocenters. The molecule has 0 spiro atoms. The maximum atomic E-state index is 8.39. The number of hydrogen-bond donors (Lipinski definition) is 4. The molecule has 0 aliphatic carbocycles. The Balaban J connectivity index is 2.13. The van der Waals surface area contributed by atoms with Crippen molar-refractivity contribution >= 4 is 5.96 Å². The average Bonchev–Trinajstić information content (AvgIpc) is 2.80. The standard InChI is InChI=1S/C9H15N7/c1-11-9(15-6-10)14-3-2-12-4-8-5-13-7-16-8/h5,7,12H,2-4H2,1H3,(H,13,16)(H2,11,14,15). The third-order valence-corrected chi connectivity index (χ3v) is 1.84. The Labute approximate surface area is 94.0 Å². The van der Waals surface area contributed by atoms with Crippen LogP contribution in [0.15, 0.2) is 17.5 Å². The first-order chi connectivity index (χ1) is 7.86. The smallest absolute Gasteiger partial charge is 0.204 e. The molecule has 86 valence electrons. The Bertz CT molecular complexity index is 348. The molecule has 0 saturated carbocycles. The van der Waals surface area contributed by atoms with Crippen LogP contribution in [0.5, 0.6) is 0 Å². The normalized spacial score (nSPS) is 10.9. The zero-order valence-electron chi connectivity index (χ0n) is 9.12. The van der Waals surface area contributed by atoms with E-state index in [9.17, 15) is 0 Å². The molecule has 0 aliphatic rings. The Morgan fingerprint density at radius 3 is 3.19 bits per heavy atom. The number of hydrogen-bond acceptors (Lipinski definition) is 4. The van der Waals surface area contributed by atoms with Gasteiger partial charge < -0.3 is 15.6 Å². The summed E-state index contributed by atoms with van der Waals surface area (Å²) in [5.41, 5.74) is 1.04. The van der Waals surface area contributed by atoms with Crippen molar-refractivity contribution in [3.63, 3.8) is 0 Å². The lowest BCUT2D eigenvalue weighted by molar-refractivity contribution is 0.683. The van der Waals surface area contributed by atoms with Crippen LogP contribution in [0, 0.1) is 11.5 Å². The van der Waals surface area contributed by atoms with Crippen molar-refractivity contribution in [2.75, 3.05) is 20.1 Å². The van der Waals surface area contributed by atoms with Crippen molar-refractivity contribution in [1.29, 1.82) is 5.26 Å². The van der Waals surface area contributed by atoms with Gasteiger partial charge in [-0.3, -0.25) is 10.3 Å². The molecule has 0 radical (unpaired) electrons. The molecule has 1 aromatic rings. The molecule has 0 amide bonds. The van der Waals surface area contributed by atoms with E-state index in [1.165, 1.54) is 0 Å². The lowest BCUT2D eigenvalue weighted by Gasteiger charge is -2.03. The number of aromatic amines is 1. The molecule has 1 rings (SSSR count). The first-order valence-corrected chi connectivity index (χ1v) is 4.92. The van der Waals surface area contributed by atoms with E-state index in [1.807, 2.05) is 0 Å². The summed E-state index contributed by atoms with van der Waals surface area (Å²) in [4.78, 5) is 11.0. The lowest BCUT2D eigenvalue weighted by Crippen LogP contribution is -2.32. The van der Waals surface area contributed by atoms with Crippen molar-refractivity contribution in [3.05, 3.63) is 18.2 Å². The monoisotopic (exact) mass is 221 g/mol. The van der Waals surface area contributed by atoms with Gasteiger partial charge in [-0.1, -0.05) is 0 Å². The molecular formula is C9H15N7. The summed E-state index contributed by atoms with van der Waals surface area (Å²) in [6.07, 6.45) is 5.22. The Hall–Kier alpha value is -2.07. The van der Waals surface area contributed by atoms with Crippen LogP contribution in [-0.2, 0) is 6.54 Å². The van der Waals surface area contributed by atoms with Gasteiger partial charge in [0, 0.05) is 32.0 Å². The summed E-state index contributed by atoms with van der Waals surface area (Å²) in [5.74, 6) is 0.478. The third-order valence-electron chi connectivity index (χ3n) is 1.84. The fraction of sp³-hybridized carbons (Fsp3) is 0.444. The highest BCUT2D eigenvalue weighted by Crippen LogP contribution is 1.88. The zero-order chi connectivity index (χ0) is 11.6. The second-order valence-corrected chi connectivity index (χ2v) is 2.97. The van der Waals surface area contributed by atoms with Crippen LogP contribution in [0.2, 0.25) is 0 Å². The summed E-state index contributed by atoms with van der Waals surface area (Å²) in [5, 5.41) is 16.8. The molecule has 0 aliphatic heterocycles. The van der Waals surface area contributed by atoms with Crippen LogP contribution < -0.4 is 16.0 Å². The van der Waals surface area contributed by atoms with E-state index in [0.717, 1.165) is 18.8 Å². The topological polar surface area (TPSA) is 101 Å². The van der Waals surface area contributed by atoms with Gasteiger partial charge in [0.1, 0.15) is 0 Å². The van der Waals surface area contributed by atoms with E-state index in [1.54, 1.807) is 25.8 Å². The second-order valence-electron chi connectivity index (χ2n) is 2.97. The van der Waals surface area contributed by atoms with Crippen molar-refractivity contribution < 1.29 is 0 Å². The van der Waals surface area contributed by atoms with Gasteiger partial charge in [0.05, 0.1) is 12.9 Å². The fourth-order valence-electron chi connectivity index (χ4n) is 1.09. The van der Waals surface area contributed by atoms with Gasteiger partial charge in [0.2, 0.25) is 5.96 Å². The largest absolute Gasteiger partial charge is 0.359 e. The molecule has 1 heterocycles.